The van der Waals surface area contributed by atoms with Crippen LogP contribution in [-0.2, 0) is 12.8 Å². The Hall–Kier alpha value is -4.21. The van der Waals surface area contributed by atoms with Gasteiger partial charge in [-0.15, -0.1) is 0 Å². The van der Waals surface area contributed by atoms with Crippen molar-refractivity contribution in [3.8, 4) is 5.75 Å². The first-order valence-electron chi connectivity index (χ1n) is 9.19. The number of ether oxygens (including phenoxy) is 1. The van der Waals surface area contributed by atoms with Crippen molar-refractivity contribution < 1.29 is 27.6 Å². The molecule has 0 radical (unpaired) electrons. The van der Waals surface area contributed by atoms with Crippen LogP contribution in [0.15, 0.2) is 77.9 Å². The Kier molecular flexibility index (Phi) is 6.83. The summed E-state index contributed by atoms with van der Waals surface area (Å²) in [6, 6.07) is 16.7. The minimum absolute atomic E-state index is 0.00228. The summed E-state index contributed by atoms with van der Waals surface area (Å²) in [5.74, 6) is -0.219. The Bertz CT molecular complexity index is 1130. The van der Waals surface area contributed by atoms with E-state index in [-0.39, 0.29) is 17.9 Å². The number of hydrogen-bond donors (Lipinski definition) is 1. The summed E-state index contributed by atoms with van der Waals surface area (Å²) in [7, 11) is 0. The summed E-state index contributed by atoms with van der Waals surface area (Å²) >= 11 is 0. The van der Waals surface area contributed by atoms with Crippen LogP contribution < -0.4 is 10.2 Å². The summed E-state index contributed by atoms with van der Waals surface area (Å²) in [4.78, 5) is 22.2. The number of nitro benzene ring substituents is 1. The van der Waals surface area contributed by atoms with Crippen LogP contribution in [-0.4, -0.2) is 17.0 Å². The van der Waals surface area contributed by atoms with E-state index in [9.17, 15) is 28.1 Å². The first-order chi connectivity index (χ1) is 15.2. The molecule has 3 aromatic rings. The van der Waals surface area contributed by atoms with E-state index in [4.69, 9.17) is 4.74 Å². The van der Waals surface area contributed by atoms with Crippen LogP contribution in [0.25, 0.3) is 0 Å². The van der Waals surface area contributed by atoms with Gasteiger partial charge in [0, 0.05) is 17.7 Å². The van der Waals surface area contributed by atoms with Crippen LogP contribution in [0.3, 0.4) is 0 Å². The van der Waals surface area contributed by atoms with Crippen LogP contribution in [0.2, 0.25) is 0 Å². The lowest BCUT2D eigenvalue weighted by Gasteiger charge is -2.07. The fourth-order valence-electron chi connectivity index (χ4n) is 2.60. The minimum Gasteiger partial charge on any atom is -0.489 e. The molecule has 10 heteroatoms. The zero-order valence-electron chi connectivity index (χ0n) is 16.4. The van der Waals surface area contributed by atoms with Crippen LogP contribution in [0.4, 0.5) is 18.9 Å². The Labute approximate surface area is 180 Å². The van der Waals surface area contributed by atoms with Gasteiger partial charge < -0.3 is 4.74 Å². The molecule has 164 valence electrons. The highest BCUT2D eigenvalue weighted by molar-refractivity contribution is 5.95. The second-order valence-electron chi connectivity index (χ2n) is 6.56. The smallest absolute Gasteiger partial charge is 0.416 e. The van der Waals surface area contributed by atoms with Gasteiger partial charge in [0.25, 0.3) is 11.6 Å². The maximum atomic E-state index is 12.7. The van der Waals surface area contributed by atoms with Crippen LogP contribution >= 0.6 is 0 Å². The standard InChI is InChI=1S/C22H16F3N3O4/c23-22(24,25)18-3-1-2-17(12-18)21(29)27-26-13-15-6-10-20(11-7-15)32-14-16-4-8-19(9-5-16)28(30)31/h1-13H,14H2,(H,27,29)/b26-13+. The van der Waals surface area contributed by atoms with E-state index in [0.717, 1.165) is 23.8 Å². The van der Waals surface area contributed by atoms with Crippen molar-refractivity contribution in [2.24, 2.45) is 5.10 Å². The molecule has 3 rings (SSSR count). The molecule has 0 aliphatic rings. The van der Waals surface area contributed by atoms with Crippen molar-refractivity contribution in [1.29, 1.82) is 0 Å². The first-order valence-corrected chi connectivity index (χ1v) is 9.19. The highest BCUT2D eigenvalue weighted by atomic mass is 19.4. The molecule has 3 aromatic carbocycles. The molecule has 0 aromatic heterocycles. The number of carbonyl (C=O) groups excluding carboxylic acids is 1. The van der Waals surface area contributed by atoms with Gasteiger partial charge in [-0.2, -0.15) is 18.3 Å². The monoisotopic (exact) mass is 443 g/mol. The maximum Gasteiger partial charge on any atom is 0.416 e. The van der Waals surface area contributed by atoms with Crippen molar-refractivity contribution in [2.75, 3.05) is 0 Å². The highest BCUT2D eigenvalue weighted by Gasteiger charge is 2.30. The fraction of sp³-hybridized carbons (Fsp3) is 0.0909. The summed E-state index contributed by atoms with van der Waals surface area (Å²) in [5, 5.41) is 14.4. The lowest BCUT2D eigenvalue weighted by atomic mass is 10.1. The van der Waals surface area contributed by atoms with E-state index in [1.54, 1.807) is 36.4 Å². The molecule has 1 N–H and O–H groups in total. The topological polar surface area (TPSA) is 93.8 Å². The molecule has 0 spiro atoms. The number of hydrogen-bond acceptors (Lipinski definition) is 5. The molecule has 0 saturated carbocycles. The molecule has 0 aliphatic carbocycles. The average Bonchev–Trinajstić information content (AvgIpc) is 2.78. The largest absolute Gasteiger partial charge is 0.489 e. The fourth-order valence-corrected chi connectivity index (χ4v) is 2.60. The van der Waals surface area contributed by atoms with Gasteiger partial charge in [-0.05, 0) is 65.7 Å². The molecule has 0 heterocycles. The van der Waals surface area contributed by atoms with E-state index >= 15 is 0 Å². The lowest BCUT2D eigenvalue weighted by Crippen LogP contribution is -2.18. The number of benzene rings is 3. The molecule has 0 aliphatic heterocycles. The molecule has 7 nitrogen and oxygen atoms in total. The van der Waals surface area contributed by atoms with Crippen LogP contribution in [0.5, 0.6) is 5.75 Å². The van der Waals surface area contributed by atoms with E-state index in [0.29, 0.717) is 11.3 Å². The lowest BCUT2D eigenvalue weighted by molar-refractivity contribution is -0.384. The molecule has 0 bridgehead atoms. The number of carbonyl (C=O) groups is 1. The molecule has 0 fully saturated rings. The normalized spacial score (nSPS) is 11.3. The number of halogens is 3. The van der Waals surface area contributed by atoms with Gasteiger partial charge in [0.2, 0.25) is 0 Å². The van der Waals surface area contributed by atoms with Gasteiger partial charge >= 0.3 is 6.18 Å². The predicted molar refractivity (Wildman–Crippen MR) is 110 cm³/mol. The molecule has 0 atom stereocenters. The minimum atomic E-state index is -4.54. The van der Waals surface area contributed by atoms with E-state index < -0.39 is 22.6 Å². The third kappa shape index (κ3) is 6.14. The number of amides is 1. The zero-order valence-corrected chi connectivity index (χ0v) is 16.4. The first kappa shape index (κ1) is 22.5. The maximum absolute atomic E-state index is 12.7. The second kappa shape index (κ2) is 9.73. The number of nitro groups is 1. The number of hydrazone groups is 1. The third-order valence-corrected chi connectivity index (χ3v) is 4.26. The Morgan fingerprint density at radius 2 is 1.75 bits per heavy atom. The summed E-state index contributed by atoms with van der Waals surface area (Å²) in [5.41, 5.74) is 2.49. The molecule has 32 heavy (non-hydrogen) atoms. The van der Waals surface area contributed by atoms with Gasteiger partial charge in [0.1, 0.15) is 12.4 Å². The van der Waals surface area contributed by atoms with Crippen molar-refractivity contribution in [3.05, 3.63) is 105 Å². The summed E-state index contributed by atoms with van der Waals surface area (Å²) in [6.07, 6.45) is -3.20. The zero-order chi connectivity index (χ0) is 23.1. The van der Waals surface area contributed by atoms with Gasteiger partial charge in [-0.25, -0.2) is 5.43 Å². The van der Waals surface area contributed by atoms with Gasteiger partial charge in [-0.3, -0.25) is 14.9 Å². The molecular weight excluding hydrogens is 427 g/mol. The Morgan fingerprint density at radius 1 is 1.06 bits per heavy atom. The van der Waals surface area contributed by atoms with Gasteiger partial charge in [0.15, 0.2) is 0 Å². The van der Waals surface area contributed by atoms with Crippen LogP contribution in [0.1, 0.15) is 27.0 Å². The highest BCUT2D eigenvalue weighted by Crippen LogP contribution is 2.29. The summed E-state index contributed by atoms with van der Waals surface area (Å²) in [6.45, 7) is 0.221. The number of alkyl halides is 3. The molecule has 0 unspecified atom stereocenters. The average molecular weight is 443 g/mol. The summed E-state index contributed by atoms with van der Waals surface area (Å²) < 4.78 is 43.8. The predicted octanol–water partition coefficient (Wildman–Crippen LogP) is 4.96. The van der Waals surface area contributed by atoms with E-state index in [1.807, 2.05) is 0 Å². The van der Waals surface area contributed by atoms with Crippen molar-refractivity contribution in [3.63, 3.8) is 0 Å². The third-order valence-electron chi connectivity index (χ3n) is 4.26. The Morgan fingerprint density at radius 3 is 2.38 bits per heavy atom. The quantitative estimate of drug-likeness (QED) is 0.317. The van der Waals surface area contributed by atoms with Gasteiger partial charge in [0.05, 0.1) is 16.7 Å². The van der Waals surface area contributed by atoms with E-state index in [1.165, 1.54) is 24.4 Å². The van der Waals surface area contributed by atoms with Crippen molar-refractivity contribution >= 4 is 17.8 Å². The van der Waals surface area contributed by atoms with Crippen molar-refractivity contribution in [2.45, 2.75) is 12.8 Å². The number of rotatable bonds is 7. The van der Waals surface area contributed by atoms with Crippen molar-refractivity contribution in [1.82, 2.24) is 5.43 Å². The number of nitrogens with one attached hydrogen (secondary N) is 1. The van der Waals surface area contributed by atoms with Crippen LogP contribution in [0, 0.1) is 10.1 Å². The molecule has 0 saturated heterocycles. The molecule has 1 amide bonds. The molecular formula is C22H16F3N3O4. The van der Waals surface area contributed by atoms with E-state index in [2.05, 4.69) is 10.5 Å². The number of nitrogens with zero attached hydrogens (tertiary/aromatic N) is 2. The second-order valence-corrected chi connectivity index (χ2v) is 6.56. The van der Waals surface area contributed by atoms with Gasteiger partial charge in [-0.1, -0.05) is 6.07 Å². The SMILES string of the molecule is O=C(N/N=C/c1ccc(OCc2ccc([N+](=O)[O-])cc2)cc1)c1cccc(C(F)(F)F)c1. The Balaban J connectivity index is 1.53. The number of non-ortho nitro benzene ring substituents is 1.